The number of hydrogen-bond donors (Lipinski definition) is 4. The van der Waals surface area contributed by atoms with Crippen molar-refractivity contribution in [1.82, 2.24) is 40.4 Å². The molecule has 2 saturated heterocycles. The number of methoxy groups -OCH3 is 2. The maximum Gasteiger partial charge on any atom is 0.407 e. The number of carbonyl (C=O) groups excluding carboxylic acids is 4. The molecule has 2 unspecified atom stereocenters. The lowest BCUT2D eigenvalue weighted by atomic mass is 9.99. The van der Waals surface area contributed by atoms with Gasteiger partial charge in [-0.25, -0.2) is 28.0 Å². The van der Waals surface area contributed by atoms with Crippen molar-refractivity contribution in [1.29, 1.82) is 0 Å². The summed E-state index contributed by atoms with van der Waals surface area (Å²) in [5.41, 5.74) is 5.16. The number of fused-ring (bicyclic) bond motifs is 3. The number of H-pyrrole nitrogens is 2. The van der Waals surface area contributed by atoms with Crippen LogP contribution in [-0.4, -0.2) is 121 Å². The van der Waals surface area contributed by atoms with Crippen LogP contribution < -0.4 is 10.6 Å². The van der Waals surface area contributed by atoms with Crippen molar-refractivity contribution in [2.45, 2.75) is 71.0 Å². The molecule has 0 saturated carbocycles. The third kappa shape index (κ3) is 9.00. The molecule has 7 rings (SSSR count). The molecule has 4 atom stereocenters. The Morgan fingerprint density at radius 3 is 2.02 bits per heavy atom. The fraction of sp³-hybridized carbons (Fsp3) is 0.442. The number of amides is 4. The molecule has 61 heavy (non-hydrogen) atoms. The number of nitrogens with zero attached hydrogens (tertiary/aromatic N) is 4. The zero-order chi connectivity index (χ0) is 44.0. The topological polar surface area (TPSA) is 209 Å². The van der Waals surface area contributed by atoms with Crippen molar-refractivity contribution in [2.24, 2.45) is 11.8 Å². The fourth-order valence-electron chi connectivity index (χ4n) is 8.45. The van der Waals surface area contributed by atoms with E-state index in [0.29, 0.717) is 17.7 Å². The summed E-state index contributed by atoms with van der Waals surface area (Å²) in [5, 5.41) is 7.31. The van der Waals surface area contributed by atoms with Gasteiger partial charge in [-0.1, -0.05) is 83.3 Å². The second-order valence-corrected chi connectivity index (χ2v) is 24.8. The molecule has 3 aromatic carbocycles. The van der Waals surface area contributed by atoms with Crippen LogP contribution in [0.25, 0.3) is 44.2 Å². The Morgan fingerprint density at radius 2 is 1.39 bits per heavy atom. The monoisotopic (exact) mass is 870 g/mol. The van der Waals surface area contributed by atoms with Crippen LogP contribution in [0.3, 0.4) is 0 Å². The van der Waals surface area contributed by atoms with Crippen LogP contribution in [-0.2, 0) is 28.9 Å². The van der Waals surface area contributed by atoms with Crippen LogP contribution in [0.15, 0.2) is 60.8 Å². The average molecular weight is 871 g/mol. The van der Waals surface area contributed by atoms with Crippen molar-refractivity contribution < 1.29 is 37.1 Å². The molecule has 2 fully saturated rings. The van der Waals surface area contributed by atoms with Crippen LogP contribution in [0.4, 0.5) is 9.59 Å². The van der Waals surface area contributed by atoms with Gasteiger partial charge in [-0.05, 0) is 52.1 Å². The lowest BCUT2D eigenvalue weighted by Crippen LogP contribution is -2.55. The molecular weight excluding hydrogens is 817 g/mol. The summed E-state index contributed by atoms with van der Waals surface area (Å²) in [5.74, 6) is -0.366. The molecule has 4 N–H and O–H groups in total. The Kier molecular flexibility index (Phi) is 12.0. The minimum atomic E-state index is -3.46. The lowest BCUT2D eigenvalue weighted by molar-refractivity contribution is -0.137. The van der Waals surface area contributed by atoms with Crippen LogP contribution in [0.2, 0.25) is 19.1 Å². The Labute approximate surface area is 356 Å². The molecule has 5 aromatic rings. The number of carbonyl (C=O) groups is 4. The van der Waals surface area contributed by atoms with E-state index in [9.17, 15) is 27.6 Å². The van der Waals surface area contributed by atoms with E-state index in [1.807, 2.05) is 49.1 Å². The first kappa shape index (κ1) is 43.3. The van der Waals surface area contributed by atoms with Gasteiger partial charge in [0.2, 0.25) is 11.8 Å². The summed E-state index contributed by atoms with van der Waals surface area (Å²) < 4.78 is 35.2. The summed E-state index contributed by atoms with van der Waals surface area (Å²) >= 11 is 0. The number of nitrogens with one attached hydrogen (secondary N) is 4. The second kappa shape index (κ2) is 17.0. The van der Waals surface area contributed by atoms with Gasteiger partial charge in [-0.15, -0.1) is 0 Å². The standard InChI is InChI=1S/C43H54N8O8SSi/c1-24(2)35(48-42(54)58-5)40(52)50-17-18-60(56,57)21-33(50)38-44-20-32(46-38)27-11-9-26(10-12-27)28-13-15-30-29(19-28)14-16-31-37(30)47-39(45-31)34-22-61(7,8)23-51(34)41(53)36(25(3)4)49-43(55)59-6/h9-16,19-20,24-25,33-36H,17-18,21-23H2,1-8H3,(H,44,46)(H,45,47)(H,48,54)(H,49,55)/t33?,34?,35-,36-/m0/s1. The highest BCUT2D eigenvalue weighted by atomic mass is 32.2. The van der Waals surface area contributed by atoms with E-state index in [1.54, 1.807) is 20.0 Å². The summed E-state index contributed by atoms with van der Waals surface area (Å²) in [6, 6.07) is 16.3. The molecular formula is C43H54N8O8SSi. The van der Waals surface area contributed by atoms with Gasteiger partial charge >= 0.3 is 12.2 Å². The number of ether oxygens (including phenoxy) is 2. The normalized spacial score (nSPS) is 19.6. The summed E-state index contributed by atoms with van der Waals surface area (Å²) in [4.78, 5) is 71.8. The van der Waals surface area contributed by atoms with Crippen LogP contribution in [0.5, 0.6) is 0 Å². The van der Waals surface area contributed by atoms with Crippen molar-refractivity contribution >= 4 is 63.7 Å². The largest absolute Gasteiger partial charge is 0.453 e. The Morgan fingerprint density at radius 1 is 0.787 bits per heavy atom. The minimum absolute atomic E-state index is 0.0302. The first-order chi connectivity index (χ1) is 28.9. The molecule has 2 aliphatic rings. The highest BCUT2D eigenvalue weighted by Gasteiger charge is 2.46. The molecule has 0 aliphatic carbocycles. The van der Waals surface area contributed by atoms with Gasteiger partial charge < -0.3 is 39.9 Å². The van der Waals surface area contributed by atoms with E-state index in [1.165, 1.54) is 19.1 Å². The van der Waals surface area contributed by atoms with Gasteiger partial charge in [0.1, 0.15) is 29.8 Å². The number of sulfone groups is 1. The van der Waals surface area contributed by atoms with Gasteiger partial charge in [-0.3, -0.25) is 9.59 Å². The number of rotatable bonds is 10. The summed E-state index contributed by atoms with van der Waals surface area (Å²) in [6.07, 6.45) is 0.909. The van der Waals surface area contributed by atoms with E-state index in [2.05, 4.69) is 62.9 Å². The molecule has 0 radical (unpaired) electrons. The SMILES string of the molecule is COC(=O)N[C@H](C(=O)N1CCS(=O)(=O)CC1c1ncc(-c2ccc(-c3ccc4c(ccc5[nH]c(C6C[Si](C)(C)CN6C(=O)[C@@H](NC(=O)OC)C(C)C)nc54)c3)cc2)[nH]1)C(C)C. The second-order valence-electron chi connectivity index (χ2n) is 17.5. The molecule has 18 heteroatoms. The zero-order valence-corrected chi connectivity index (χ0v) is 37.6. The first-order valence-corrected chi connectivity index (χ1v) is 25.7. The van der Waals surface area contributed by atoms with Crippen molar-refractivity contribution in [3.05, 3.63) is 72.4 Å². The average Bonchev–Trinajstić information content (AvgIpc) is 3.98. The highest BCUT2D eigenvalue weighted by molar-refractivity contribution is 7.91. The molecule has 2 aromatic heterocycles. The predicted molar refractivity (Wildman–Crippen MR) is 235 cm³/mol. The quantitative estimate of drug-likeness (QED) is 0.121. The fourth-order valence-corrected chi connectivity index (χ4v) is 12.8. The number of hydrogen-bond acceptors (Lipinski definition) is 10. The molecule has 2 aliphatic heterocycles. The van der Waals surface area contributed by atoms with Crippen molar-refractivity contribution in [3.8, 4) is 22.4 Å². The maximum absolute atomic E-state index is 14.0. The van der Waals surface area contributed by atoms with E-state index in [4.69, 9.17) is 14.5 Å². The Bertz CT molecular complexity index is 2590. The van der Waals surface area contributed by atoms with E-state index in [0.717, 1.165) is 50.4 Å². The van der Waals surface area contributed by atoms with Crippen molar-refractivity contribution in [3.63, 3.8) is 0 Å². The van der Waals surface area contributed by atoms with Gasteiger partial charge in [0.25, 0.3) is 0 Å². The van der Waals surface area contributed by atoms with Crippen LogP contribution in [0, 0.1) is 11.8 Å². The smallest absolute Gasteiger partial charge is 0.407 e. The number of imidazole rings is 2. The molecule has 4 amide bonds. The number of aromatic nitrogens is 4. The van der Waals surface area contributed by atoms with Gasteiger partial charge in [0.15, 0.2) is 9.84 Å². The highest BCUT2D eigenvalue weighted by Crippen LogP contribution is 2.39. The Hall–Kier alpha value is -5.75. The third-order valence-corrected chi connectivity index (χ3v) is 16.1. The van der Waals surface area contributed by atoms with Crippen molar-refractivity contribution in [2.75, 3.05) is 38.4 Å². The summed E-state index contributed by atoms with van der Waals surface area (Å²) in [6.45, 7) is 11.9. The van der Waals surface area contributed by atoms with E-state index >= 15 is 0 Å². The first-order valence-electron chi connectivity index (χ1n) is 20.5. The van der Waals surface area contributed by atoms with Crippen LogP contribution in [0.1, 0.15) is 51.4 Å². The van der Waals surface area contributed by atoms with Gasteiger partial charge in [-0.2, -0.15) is 0 Å². The van der Waals surface area contributed by atoms with Crippen LogP contribution >= 0.6 is 0 Å². The minimum Gasteiger partial charge on any atom is -0.453 e. The zero-order valence-electron chi connectivity index (χ0n) is 35.7. The molecule has 16 nitrogen and oxygen atoms in total. The van der Waals surface area contributed by atoms with E-state index < -0.39 is 54.1 Å². The molecule has 0 spiro atoms. The third-order valence-electron chi connectivity index (χ3n) is 11.7. The molecule has 4 heterocycles. The predicted octanol–water partition coefficient (Wildman–Crippen LogP) is 5.96. The maximum atomic E-state index is 14.0. The van der Waals surface area contributed by atoms with E-state index in [-0.39, 0.29) is 41.8 Å². The molecule has 0 bridgehead atoms. The summed E-state index contributed by atoms with van der Waals surface area (Å²) in [7, 11) is -2.75. The van der Waals surface area contributed by atoms with Gasteiger partial charge in [0.05, 0.1) is 62.8 Å². The number of aromatic amines is 2. The number of alkyl carbamates (subject to hydrolysis) is 2. The number of benzene rings is 3. The van der Waals surface area contributed by atoms with Gasteiger partial charge in [0, 0.05) is 18.1 Å². The lowest BCUT2D eigenvalue weighted by Gasteiger charge is -2.37. The molecule has 324 valence electrons. The Balaban J connectivity index is 1.11.